The maximum Gasteiger partial charge on any atom is 0.311 e. The molecule has 1 aromatic rings. The van der Waals surface area contributed by atoms with Crippen LogP contribution in [0.2, 0.25) is 0 Å². The monoisotopic (exact) mass is 428 g/mol. The molecular formula is C23H28N2O6. The van der Waals surface area contributed by atoms with E-state index in [-0.39, 0.29) is 19.1 Å². The van der Waals surface area contributed by atoms with Crippen molar-refractivity contribution in [1.82, 2.24) is 4.90 Å². The number of esters is 2. The van der Waals surface area contributed by atoms with Gasteiger partial charge in [0.25, 0.3) is 11.8 Å². The zero-order chi connectivity index (χ0) is 22.3. The Morgan fingerprint density at radius 3 is 2.52 bits per heavy atom. The molecule has 0 unspecified atom stereocenters. The van der Waals surface area contributed by atoms with Gasteiger partial charge in [0, 0.05) is 31.6 Å². The number of nitrogens with zero attached hydrogens (tertiary/aromatic N) is 2. The van der Waals surface area contributed by atoms with Gasteiger partial charge in [0.2, 0.25) is 0 Å². The molecule has 0 N–H and O–H groups in total. The summed E-state index contributed by atoms with van der Waals surface area (Å²) in [7, 11) is 0. The summed E-state index contributed by atoms with van der Waals surface area (Å²) in [6.45, 7) is 5.05. The van der Waals surface area contributed by atoms with Crippen LogP contribution in [0.15, 0.2) is 24.3 Å². The van der Waals surface area contributed by atoms with Crippen LogP contribution in [0.5, 0.6) is 0 Å². The van der Waals surface area contributed by atoms with Gasteiger partial charge in [0.15, 0.2) is 6.61 Å². The number of hydrogen-bond acceptors (Lipinski definition) is 6. The molecule has 2 fully saturated rings. The Bertz CT molecular complexity index is 926. The van der Waals surface area contributed by atoms with Gasteiger partial charge in [-0.15, -0.1) is 0 Å². The minimum atomic E-state index is -1.27. The highest BCUT2D eigenvalue weighted by Gasteiger charge is 2.64. The number of carbonyl (C=O) groups excluding carboxylic acids is 4. The molecular weight excluding hydrogens is 400 g/mol. The Hall–Kier alpha value is -2.90. The van der Waals surface area contributed by atoms with E-state index in [9.17, 15) is 19.2 Å². The number of anilines is 1. The number of carbonyl (C=O) groups is 4. The summed E-state index contributed by atoms with van der Waals surface area (Å²) >= 11 is 0. The predicted octanol–water partition coefficient (Wildman–Crippen LogP) is 1.87. The molecule has 1 saturated heterocycles. The van der Waals surface area contributed by atoms with E-state index in [2.05, 4.69) is 0 Å². The van der Waals surface area contributed by atoms with Crippen molar-refractivity contribution in [3.63, 3.8) is 0 Å². The zero-order valence-electron chi connectivity index (χ0n) is 18.1. The van der Waals surface area contributed by atoms with Gasteiger partial charge >= 0.3 is 11.9 Å². The molecule has 8 heteroatoms. The molecule has 3 atom stereocenters. The van der Waals surface area contributed by atoms with Crippen molar-refractivity contribution in [2.45, 2.75) is 45.1 Å². The van der Waals surface area contributed by atoms with Crippen LogP contribution in [0.1, 0.15) is 45.1 Å². The van der Waals surface area contributed by atoms with Gasteiger partial charge in [-0.1, -0.05) is 18.2 Å². The van der Waals surface area contributed by atoms with Crippen LogP contribution in [0.4, 0.5) is 5.69 Å². The smallest absolute Gasteiger partial charge is 0.311 e. The molecule has 0 bridgehead atoms. The fraction of sp³-hybridized carbons (Fsp3) is 0.565. The second-order valence-corrected chi connectivity index (χ2v) is 8.69. The van der Waals surface area contributed by atoms with Crippen molar-refractivity contribution in [3.05, 3.63) is 29.8 Å². The first-order valence-corrected chi connectivity index (χ1v) is 10.8. The van der Waals surface area contributed by atoms with E-state index in [1.807, 2.05) is 24.3 Å². The molecule has 1 aliphatic carbocycles. The summed E-state index contributed by atoms with van der Waals surface area (Å²) in [6, 6.07) is 7.60. The highest BCUT2D eigenvalue weighted by Crippen LogP contribution is 2.53. The van der Waals surface area contributed by atoms with Crippen LogP contribution in [0.25, 0.3) is 0 Å². The first-order valence-electron chi connectivity index (χ1n) is 10.8. The van der Waals surface area contributed by atoms with E-state index in [4.69, 9.17) is 9.47 Å². The number of amides is 2. The molecule has 2 amide bonds. The Labute approximate surface area is 181 Å². The van der Waals surface area contributed by atoms with Crippen molar-refractivity contribution in [3.8, 4) is 0 Å². The van der Waals surface area contributed by atoms with E-state index in [1.165, 1.54) is 11.8 Å². The van der Waals surface area contributed by atoms with Gasteiger partial charge in [-0.25, -0.2) is 0 Å². The number of benzene rings is 1. The third-order valence-corrected chi connectivity index (χ3v) is 6.62. The van der Waals surface area contributed by atoms with Crippen LogP contribution in [-0.2, 0) is 28.7 Å². The van der Waals surface area contributed by atoms with E-state index in [0.29, 0.717) is 12.5 Å². The summed E-state index contributed by atoms with van der Waals surface area (Å²) < 4.78 is 10.2. The Balaban J connectivity index is 1.80. The lowest BCUT2D eigenvalue weighted by Gasteiger charge is -2.46. The van der Waals surface area contributed by atoms with E-state index in [1.54, 1.807) is 18.7 Å². The SMILES string of the molecule is CCOC(=O)[C@H]1CN(C(=O)COC(C)=O)[C@]2(C)C(=O)N(CC3CC3)c3ccccc3[C@H]12. The van der Waals surface area contributed by atoms with Gasteiger partial charge in [-0.2, -0.15) is 0 Å². The summed E-state index contributed by atoms with van der Waals surface area (Å²) in [5, 5.41) is 0. The summed E-state index contributed by atoms with van der Waals surface area (Å²) in [4.78, 5) is 54.3. The normalized spacial score (nSPS) is 26.9. The molecule has 31 heavy (non-hydrogen) atoms. The second-order valence-electron chi connectivity index (χ2n) is 8.69. The summed E-state index contributed by atoms with van der Waals surface area (Å²) in [6.07, 6.45) is 2.15. The highest BCUT2D eigenvalue weighted by atomic mass is 16.5. The van der Waals surface area contributed by atoms with E-state index < -0.39 is 41.8 Å². The van der Waals surface area contributed by atoms with E-state index in [0.717, 1.165) is 24.1 Å². The minimum Gasteiger partial charge on any atom is -0.466 e. The number of likely N-dealkylation sites (tertiary alicyclic amines) is 1. The molecule has 2 heterocycles. The largest absolute Gasteiger partial charge is 0.466 e. The first kappa shape index (κ1) is 21.3. The molecule has 166 valence electrons. The second kappa shape index (κ2) is 7.98. The molecule has 4 rings (SSSR count). The molecule has 0 radical (unpaired) electrons. The van der Waals surface area contributed by atoms with Crippen LogP contribution in [0, 0.1) is 11.8 Å². The standard InChI is InChI=1S/C23H28N2O6/c1-4-30-21(28)17-12-25(19(27)13-31-14(2)26)23(3)20(17)16-7-5-6-8-18(16)24(22(23)29)11-15-9-10-15/h5-8,15,17,20H,4,9-13H2,1-3H3/t17-,20+,23-/m0/s1. The third-order valence-electron chi connectivity index (χ3n) is 6.62. The number of ether oxygens (including phenoxy) is 2. The topological polar surface area (TPSA) is 93.2 Å². The molecule has 1 saturated carbocycles. The van der Waals surface area contributed by atoms with Crippen molar-refractivity contribution >= 4 is 29.4 Å². The van der Waals surface area contributed by atoms with Gasteiger partial charge in [0.05, 0.1) is 12.5 Å². The molecule has 1 aromatic carbocycles. The Morgan fingerprint density at radius 1 is 1.16 bits per heavy atom. The van der Waals surface area contributed by atoms with Crippen LogP contribution in [-0.4, -0.2) is 60.5 Å². The van der Waals surface area contributed by atoms with Gasteiger partial charge in [0.1, 0.15) is 5.54 Å². The van der Waals surface area contributed by atoms with Crippen molar-refractivity contribution in [2.24, 2.45) is 11.8 Å². The lowest BCUT2D eigenvalue weighted by atomic mass is 9.72. The van der Waals surface area contributed by atoms with Crippen molar-refractivity contribution in [2.75, 3.05) is 31.2 Å². The lowest BCUT2D eigenvalue weighted by Crippen LogP contribution is -2.62. The van der Waals surface area contributed by atoms with Gasteiger partial charge in [-0.05, 0) is 44.2 Å². The summed E-state index contributed by atoms with van der Waals surface area (Å²) in [5.74, 6) is -2.47. The van der Waals surface area contributed by atoms with Gasteiger partial charge < -0.3 is 19.3 Å². The predicted molar refractivity (Wildman–Crippen MR) is 111 cm³/mol. The number of rotatable bonds is 6. The highest BCUT2D eigenvalue weighted by molar-refractivity contribution is 6.07. The number of para-hydroxylation sites is 1. The van der Waals surface area contributed by atoms with Crippen LogP contribution >= 0.6 is 0 Å². The fourth-order valence-electron chi connectivity index (χ4n) is 5.00. The maximum atomic E-state index is 13.9. The van der Waals surface area contributed by atoms with Crippen molar-refractivity contribution in [1.29, 1.82) is 0 Å². The molecule has 0 spiro atoms. The molecule has 8 nitrogen and oxygen atoms in total. The zero-order valence-corrected chi connectivity index (χ0v) is 18.1. The Morgan fingerprint density at radius 2 is 1.87 bits per heavy atom. The van der Waals surface area contributed by atoms with Crippen LogP contribution < -0.4 is 4.90 Å². The Kier molecular flexibility index (Phi) is 5.49. The number of fused-ring (bicyclic) bond motifs is 3. The fourth-order valence-corrected chi connectivity index (χ4v) is 5.00. The molecule has 3 aliphatic rings. The first-order chi connectivity index (χ1) is 14.8. The summed E-state index contributed by atoms with van der Waals surface area (Å²) in [5.41, 5.74) is 0.398. The molecule has 0 aromatic heterocycles. The average molecular weight is 428 g/mol. The third kappa shape index (κ3) is 3.58. The van der Waals surface area contributed by atoms with Gasteiger partial charge in [-0.3, -0.25) is 19.2 Å². The van der Waals surface area contributed by atoms with E-state index >= 15 is 0 Å². The van der Waals surface area contributed by atoms with Crippen LogP contribution in [0.3, 0.4) is 0 Å². The quantitative estimate of drug-likeness (QED) is 0.642. The maximum absolute atomic E-state index is 13.9. The average Bonchev–Trinajstić information content (AvgIpc) is 3.50. The van der Waals surface area contributed by atoms with Crippen molar-refractivity contribution < 1.29 is 28.7 Å². The molecule has 2 aliphatic heterocycles. The number of hydrogen-bond donors (Lipinski definition) is 0. The minimum absolute atomic E-state index is 0.0391. The lowest BCUT2D eigenvalue weighted by molar-refractivity contribution is -0.154.